The van der Waals surface area contributed by atoms with Gasteiger partial charge in [0.25, 0.3) is 0 Å². The third-order valence-electron chi connectivity index (χ3n) is 2.62. The Kier molecular flexibility index (Phi) is 6.58. The zero-order chi connectivity index (χ0) is 12.5. The van der Waals surface area contributed by atoms with Crippen molar-refractivity contribution in [1.29, 1.82) is 0 Å². The Morgan fingerprint density at radius 2 is 2.18 bits per heavy atom. The Morgan fingerprint density at radius 3 is 2.82 bits per heavy atom. The minimum Gasteiger partial charge on any atom is -0.495 e. The summed E-state index contributed by atoms with van der Waals surface area (Å²) in [7, 11) is 3.38. The van der Waals surface area contributed by atoms with Gasteiger partial charge in [-0.15, -0.1) is 0 Å². The molecule has 1 aromatic rings. The van der Waals surface area contributed by atoms with Crippen molar-refractivity contribution in [3.8, 4) is 5.75 Å². The molecule has 0 aliphatic rings. The van der Waals surface area contributed by atoms with E-state index in [0.29, 0.717) is 0 Å². The standard InChI is InChI=1S/C13H22N2O2/c1-4-6-15-13(5-7-16-2)11-8-12(17-3)10-14-9-11/h8-10,13,15H,4-7H2,1-3H3. The molecule has 17 heavy (non-hydrogen) atoms. The normalized spacial score (nSPS) is 12.4. The summed E-state index contributed by atoms with van der Waals surface area (Å²) in [5.41, 5.74) is 1.15. The number of methoxy groups -OCH3 is 2. The van der Waals surface area contributed by atoms with Crippen molar-refractivity contribution in [3.63, 3.8) is 0 Å². The maximum absolute atomic E-state index is 5.19. The summed E-state index contributed by atoms with van der Waals surface area (Å²) in [6, 6.07) is 2.30. The van der Waals surface area contributed by atoms with E-state index >= 15 is 0 Å². The summed E-state index contributed by atoms with van der Waals surface area (Å²) in [5, 5.41) is 3.50. The van der Waals surface area contributed by atoms with E-state index in [1.807, 2.05) is 12.3 Å². The topological polar surface area (TPSA) is 43.4 Å². The Morgan fingerprint density at radius 1 is 1.35 bits per heavy atom. The summed E-state index contributed by atoms with van der Waals surface area (Å²) in [6.45, 7) is 3.88. The van der Waals surface area contributed by atoms with Gasteiger partial charge in [-0.25, -0.2) is 0 Å². The molecule has 1 unspecified atom stereocenters. The van der Waals surface area contributed by atoms with Crippen LogP contribution in [-0.2, 0) is 4.74 Å². The van der Waals surface area contributed by atoms with Gasteiger partial charge in [-0.05, 0) is 31.0 Å². The number of aromatic nitrogens is 1. The molecule has 0 saturated carbocycles. The molecule has 1 heterocycles. The van der Waals surface area contributed by atoms with Gasteiger partial charge in [0, 0.05) is 26.0 Å². The molecular weight excluding hydrogens is 216 g/mol. The lowest BCUT2D eigenvalue weighted by atomic mass is 10.1. The van der Waals surface area contributed by atoms with Gasteiger partial charge in [0.1, 0.15) is 5.75 Å². The van der Waals surface area contributed by atoms with Crippen LogP contribution in [0.15, 0.2) is 18.5 Å². The Balaban J connectivity index is 2.71. The van der Waals surface area contributed by atoms with Crippen LogP contribution in [0, 0.1) is 0 Å². The Labute approximate surface area is 103 Å². The molecule has 1 N–H and O–H groups in total. The predicted molar refractivity (Wildman–Crippen MR) is 68.3 cm³/mol. The predicted octanol–water partition coefficient (Wildman–Crippen LogP) is 2.17. The summed E-state index contributed by atoms with van der Waals surface area (Å²) >= 11 is 0. The fourth-order valence-corrected chi connectivity index (χ4v) is 1.68. The maximum Gasteiger partial charge on any atom is 0.137 e. The molecule has 4 nitrogen and oxygen atoms in total. The quantitative estimate of drug-likeness (QED) is 0.753. The maximum atomic E-state index is 5.19. The van der Waals surface area contributed by atoms with Gasteiger partial charge in [-0.1, -0.05) is 6.92 Å². The van der Waals surface area contributed by atoms with E-state index in [-0.39, 0.29) is 6.04 Å². The van der Waals surface area contributed by atoms with Crippen LogP contribution in [0.3, 0.4) is 0 Å². The fourth-order valence-electron chi connectivity index (χ4n) is 1.68. The first-order valence-electron chi connectivity index (χ1n) is 6.03. The lowest BCUT2D eigenvalue weighted by Gasteiger charge is -2.18. The molecule has 0 saturated heterocycles. The van der Waals surface area contributed by atoms with E-state index in [0.717, 1.165) is 37.3 Å². The van der Waals surface area contributed by atoms with Gasteiger partial charge in [-0.3, -0.25) is 4.98 Å². The SMILES string of the molecule is CCCNC(CCOC)c1cncc(OC)c1. The van der Waals surface area contributed by atoms with Gasteiger partial charge in [0.15, 0.2) is 0 Å². The monoisotopic (exact) mass is 238 g/mol. The largest absolute Gasteiger partial charge is 0.495 e. The van der Waals surface area contributed by atoms with Crippen molar-refractivity contribution in [2.24, 2.45) is 0 Å². The molecule has 0 fully saturated rings. The molecule has 0 amide bonds. The van der Waals surface area contributed by atoms with Crippen LogP contribution in [0.5, 0.6) is 5.75 Å². The van der Waals surface area contributed by atoms with Crippen LogP contribution >= 0.6 is 0 Å². The molecule has 0 aliphatic heterocycles. The number of hydrogen-bond acceptors (Lipinski definition) is 4. The Bertz CT molecular complexity index is 310. The molecule has 1 rings (SSSR count). The smallest absolute Gasteiger partial charge is 0.137 e. The van der Waals surface area contributed by atoms with Crippen LogP contribution in [0.2, 0.25) is 0 Å². The lowest BCUT2D eigenvalue weighted by molar-refractivity contribution is 0.183. The second kappa shape index (κ2) is 8.03. The van der Waals surface area contributed by atoms with Gasteiger partial charge < -0.3 is 14.8 Å². The number of pyridine rings is 1. The minimum absolute atomic E-state index is 0.275. The highest BCUT2D eigenvalue weighted by Gasteiger charge is 2.11. The first-order valence-corrected chi connectivity index (χ1v) is 6.03. The van der Waals surface area contributed by atoms with E-state index in [4.69, 9.17) is 9.47 Å². The van der Waals surface area contributed by atoms with Gasteiger partial charge in [0.05, 0.1) is 13.3 Å². The van der Waals surface area contributed by atoms with Crippen molar-refractivity contribution < 1.29 is 9.47 Å². The summed E-state index contributed by atoms with van der Waals surface area (Å²) in [6.07, 6.45) is 5.65. The first kappa shape index (κ1) is 13.9. The summed E-state index contributed by atoms with van der Waals surface area (Å²) in [4.78, 5) is 4.19. The molecule has 1 aromatic heterocycles. The third kappa shape index (κ3) is 4.71. The minimum atomic E-state index is 0.275. The van der Waals surface area contributed by atoms with Crippen LogP contribution in [0.1, 0.15) is 31.4 Å². The molecule has 4 heteroatoms. The molecule has 0 aromatic carbocycles. The van der Waals surface area contributed by atoms with Gasteiger partial charge >= 0.3 is 0 Å². The van der Waals surface area contributed by atoms with E-state index in [9.17, 15) is 0 Å². The Hall–Kier alpha value is -1.13. The molecule has 0 bridgehead atoms. The highest BCUT2D eigenvalue weighted by molar-refractivity contribution is 5.25. The third-order valence-corrected chi connectivity index (χ3v) is 2.62. The highest BCUT2D eigenvalue weighted by atomic mass is 16.5. The van der Waals surface area contributed by atoms with Crippen molar-refractivity contribution in [2.45, 2.75) is 25.8 Å². The van der Waals surface area contributed by atoms with E-state index < -0.39 is 0 Å². The zero-order valence-corrected chi connectivity index (χ0v) is 10.9. The molecule has 0 spiro atoms. The second-order valence-electron chi connectivity index (χ2n) is 3.95. The van der Waals surface area contributed by atoms with Crippen LogP contribution in [0.25, 0.3) is 0 Å². The highest BCUT2D eigenvalue weighted by Crippen LogP contribution is 2.20. The van der Waals surface area contributed by atoms with E-state index in [2.05, 4.69) is 17.2 Å². The van der Waals surface area contributed by atoms with E-state index in [1.165, 1.54) is 0 Å². The fraction of sp³-hybridized carbons (Fsp3) is 0.615. The number of ether oxygens (including phenoxy) is 2. The number of nitrogens with one attached hydrogen (secondary N) is 1. The number of rotatable bonds is 8. The second-order valence-corrected chi connectivity index (χ2v) is 3.95. The zero-order valence-electron chi connectivity index (χ0n) is 10.9. The molecule has 1 atom stereocenters. The first-order chi connectivity index (χ1) is 8.31. The van der Waals surface area contributed by atoms with Crippen LogP contribution in [-0.4, -0.2) is 32.4 Å². The summed E-state index contributed by atoms with van der Waals surface area (Å²) < 4.78 is 10.3. The van der Waals surface area contributed by atoms with Crippen LogP contribution < -0.4 is 10.1 Å². The number of nitrogens with zero attached hydrogens (tertiary/aromatic N) is 1. The average Bonchev–Trinajstić information content (AvgIpc) is 2.39. The van der Waals surface area contributed by atoms with Gasteiger partial charge in [0.2, 0.25) is 0 Å². The van der Waals surface area contributed by atoms with Gasteiger partial charge in [-0.2, -0.15) is 0 Å². The molecule has 0 aliphatic carbocycles. The van der Waals surface area contributed by atoms with Crippen molar-refractivity contribution >= 4 is 0 Å². The number of hydrogen-bond donors (Lipinski definition) is 1. The average molecular weight is 238 g/mol. The van der Waals surface area contributed by atoms with Crippen molar-refractivity contribution in [1.82, 2.24) is 10.3 Å². The molecule has 0 radical (unpaired) electrons. The van der Waals surface area contributed by atoms with Crippen LogP contribution in [0.4, 0.5) is 0 Å². The van der Waals surface area contributed by atoms with E-state index in [1.54, 1.807) is 20.4 Å². The van der Waals surface area contributed by atoms with Crippen molar-refractivity contribution in [2.75, 3.05) is 27.4 Å². The lowest BCUT2D eigenvalue weighted by Crippen LogP contribution is -2.23. The molecular formula is C13H22N2O2. The molecule has 96 valence electrons. The van der Waals surface area contributed by atoms with Crippen molar-refractivity contribution in [3.05, 3.63) is 24.0 Å². The summed E-state index contributed by atoms with van der Waals surface area (Å²) in [5.74, 6) is 0.795.